The monoisotopic (exact) mass is 264 g/mol. The van der Waals surface area contributed by atoms with Gasteiger partial charge in [-0.15, -0.1) is 0 Å². The van der Waals surface area contributed by atoms with Gasteiger partial charge in [-0.3, -0.25) is 0 Å². The van der Waals surface area contributed by atoms with E-state index in [1.807, 2.05) is 18.2 Å². The molecular weight excluding hydrogens is 240 g/mol. The van der Waals surface area contributed by atoms with Gasteiger partial charge in [0, 0.05) is 18.9 Å². The van der Waals surface area contributed by atoms with Gasteiger partial charge in [0.2, 0.25) is 0 Å². The van der Waals surface area contributed by atoms with Crippen molar-refractivity contribution in [1.29, 1.82) is 0 Å². The SMILES string of the molecule is CCCOc1cc(NC2CCCC2OC)ccc1N. The molecule has 1 saturated carbocycles. The largest absolute Gasteiger partial charge is 0.491 e. The minimum absolute atomic E-state index is 0.303. The van der Waals surface area contributed by atoms with E-state index in [-0.39, 0.29) is 0 Å². The molecular formula is C15H24N2O2. The van der Waals surface area contributed by atoms with Crippen LogP contribution in [0.25, 0.3) is 0 Å². The molecule has 1 aliphatic carbocycles. The number of benzene rings is 1. The molecule has 0 bridgehead atoms. The lowest BCUT2D eigenvalue weighted by Crippen LogP contribution is -2.29. The van der Waals surface area contributed by atoms with Crippen molar-refractivity contribution in [1.82, 2.24) is 0 Å². The van der Waals surface area contributed by atoms with Crippen LogP contribution in [0.5, 0.6) is 5.75 Å². The predicted molar refractivity (Wildman–Crippen MR) is 78.7 cm³/mol. The maximum atomic E-state index is 5.91. The number of hydrogen-bond acceptors (Lipinski definition) is 4. The van der Waals surface area contributed by atoms with Crippen molar-refractivity contribution in [2.24, 2.45) is 0 Å². The van der Waals surface area contributed by atoms with Crippen molar-refractivity contribution >= 4 is 11.4 Å². The predicted octanol–water partition coefficient (Wildman–Crippen LogP) is 3.04. The fourth-order valence-corrected chi connectivity index (χ4v) is 2.55. The van der Waals surface area contributed by atoms with Gasteiger partial charge < -0.3 is 20.5 Å². The smallest absolute Gasteiger partial charge is 0.144 e. The molecule has 0 aliphatic heterocycles. The lowest BCUT2D eigenvalue weighted by atomic mass is 10.2. The van der Waals surface area contributed by atoms with Crippen molar-refractivity contribution in [2.75, 3.05) is 24.8 Å². The first kappa shape index (κ1) is 14.0. The van der Waals surface area contributed by atoms with Crippen LogP contribution < -0.4 is 15.8 Å². The summed E-state index contributed by atoms with van der Waals surface area (Å²) in [5.74, 6) is 0.763. The number of ether oxygens (including phenoxy) is 2. The zero-order valence-corrected chi connectivity index (χ0v) is 11.8. The highest BCUT2D eigenvalue weighted by Gasteiger charge is 2.26. The summed E-state index contributed by atoms with van der Waals surface area (Å²) in [6.07, 6.45) is 4.77. The standard InChI is InChI=1S/C15H24N2O2/c1-3-9-19-15-10-11(7-8-12(15)16)17-13-5-4-6-14(13)18-2/h7-8,10,13-14,17H,3-6,9,16H2,1-2H3. The molecule has 1 fully saturated rings. The molecule has 1 aliphatic rings. The summed E-state index contributed by atoms with van der Waals surface area (Å²) in [6.45, 7) is 2.78. The van der Waals surface area contributed by atoms with E-state index in [4.69, 9.17) is 15.2 Å². The van der Waals surface area contributed by atoms with E-state index < -0.39 is 0 Å². The number of hydrogen-bond donors (Lipinski definition) is 2. The zero-order chi connectivity index (χ0) is 13.7. The number of methoxy groups -OCH3 is 1. The topological polar surface area (TPSA) is 56.5 Å². The maximum absolute atomic E-state index is 5.91. The highest BCUT2D eigenvalue weighted by Crippen LogP contribution is 2.29. The van der Waals surface area contributed by atoms with E-state index in [2.05, 4.69) is 12.2 Å². The Morgan fingerprint density at radius 2 is 2.21 bits per heavy atom. The van der Waals surface area contributed by atoms with Gasteiger partial charge in [0.15, 0.2) is 0 Å². The molecule has 19 heavy (non-hydrogen) atoms. The molecule has 4 nitrogen and oxygen atoms in total. The first-order valence-corrected chi connectivity index (χ1v) is 7.06. The molecule has 0 aromatic heterocycles. The van der Waals surface area contributed by atoms with Crippen LogP contribution in [0, 0.1) is 0 Å². The maximum Gasteiger partial charge on any atom is 0.144 e. The van der Waals surface area contributed by atoms with Crippen LogP contribution in [0.4, 0.5) is 11.4 Å². The van der Waals surface area contributed by atoms with Crippen LogP contribution in [0.15, 0.2) is 18.2 Å². The van der Waals surface area contributed by atoms with Crippen molar-refractivity contribution in [3.63, 3.8) is 0 Å². The Morgan fingerprint density at radius 3 is 2.95 bits per heavy atom. The van der Waals surface area contributed by atoms with Crippen LogP contribution in [-0.4, -0.2) is 25.9 Å². The lowest BCUT2D eigenvalue weighted by Gasteiger charge is -2.21. The van der Waals surface area contributed by atoms with E-state index in [1.54, 1.807) is 7.11 Å². The summed E-state index contributed by atoms with van der Waals surface area (Å²) in [4.78, 5) is 0. The van der Waals surface area contributed by atoms with Gasteiger partial charge in [-0.05, 0) is 37.8 Å². The molecule has 0 heterocycles. The molecule has 106 valence electrons. The second-order valence-electron chi connectivity index (χ2n) is 5.06. The number of rotatable bonds is 6. The minimum Gasteiger partial charge on any atom is -0.491 e. The third kappa shape index (κ3) is 3.53. The van der Waals surface area contributed by atoms with Crippen LogP contribution in [0.3, 0.4) is 0 Å². The van der Waals surface area contributed by atoms with E-state index in [9.17, 15) is 0 Å². The van der Waals surface area contributed by atoms with Crippen molar-refractivity contribution in [2.45, 2.75) is 44.8 Å². The Morgan fingerprint density at radius 1 is 1.37 bits per heavy atom. The quantitative estimate of drug-likeness (QED) is 0.775. The molecule has 0 spiro atoms. The summed E-state index contributed by atoms with van der Waals surface area (Å²) in [6, 6.07) is 6.26. The van der Waals surface area contributed by atoms with Gasteiger partial charge in [0.25, 0.3) is 0 Å². The zero-order valence-electron chi connectivity index (χ0n) is 11.8. The number of nitrogens with one attached hydrogen (secondary N) is 1. The van der Waals surface area contributed by atoms with E-state index in [0.717, 1.165) is 30.7 Å². The van der Waals surface area contributed by atoms with Crippen LogP contribution in [-0.2, 0) is 4.74 Å². The average molecular weight is 264 g/mol. The highest BCUT2D eigenvalue weighted by molar-refractivity contribution is 5.61. The van der Waals surface area contributed by atoms with Crippen LogP contribution >= 0.6 is 0 Å². The molecule has 1 aromatic carbocycles. The Hall–Kier alpha value is -1.42. The van der Waals surface area contributed by atoms with Crippen molar-refractivity contribution < 1.29 is 9.47 Å². The molecule has 0 radical (unpaired) electrons. The van der Waals surface area contributed by atoms with E-state index >= 15 is 0 Å². The molecule has 0 amide bonds. The Bertz CT molecular complexity index is 409. The molecule has 3 N–H and O–H groups in total. The first-order chi connectivity index (χ1) is 9.24. The van der Waals surface area contributed by atoms with Gasteiger partial charge in [-0.25, -0.2) is 0 Å². The number of nitrogens with two attached hydrogens (primary N) is 1. The average Bonchev–Trinajstić information content (AvgIpc) is 2.86. The molecule has 2 rings (SSSR count). The molecule has 4 heteroatoms. The van der Waals surface area contributed by atoms with E-state index in [1.165, 1.54) is 6.42 Å². The first-order valence-electron chi connectivity index (χ1n) is 7.06. The minimum atomic E-state index is 0.303. The van der Waals surface area contributed by atoms with Crippen LogP contribution in [0.2, 0.25) is 0 Å². The second-order valence-corrected chi connectivity index (χ2v) is 5.06. The van der Waals surface area contributed by atoms with Gasteiger partial charge in [-0.2, -0.15) is 0 Å². The number of nitrogen functional groups attached to an aromatic ring is 1. The lowest BCUT2D eigenvalue weighted by molar-refractivity contribution is 0.101. The highest BCUT2D eigenvalue weighted by atomic mass is 16.5. The Kier molecular flexibility index (Phi) is 4.91. The third-order valence-electron chi connectivity index (χ3n) is 3.58. The number of anilines is 2. The molecule has 0 saturated heterocycles. The summed E-state index contributed by atoms with van der Waals surface area (Å²) in [5.41, 5.74) is 7.65. The summed E-state index contributed by atoms with van der Waals surface area (Å²) < 4.78 is 11.1. The summed E-state index contributed by atoms with van der Waals surface area (Å²) in [5, 5.41) is 3.53. The molecule has 2 unspecified atom stereocenters. The normalized spacial score (nSPS) is 22.4. The summed E-state index contributed by atoms with van der Waals surface area (Å²) >= 11 is 0. The van der Waals surface area contributed by atoms with Crippen molar-refractivity contribution in [3.8, 4) is 5.75 Å². The fraction of sp³-hybridized carbons (Fsp3) is 0.600. The fourth-order valence-electron chi connectivity index (χ4n) is 2.55. The Labute approximate surface area is 115 Å². The van der Waals surface area contributed by atoms with E-state index in [0.29, 0.717) is 24.4 Å². The second kappa shape index (κ2) is 6.66. The third-order valence-corrected chi connectivity index (χ3v) is 3.58. The summed E-state index contributed by atoms with van der Waals surface area (Å²) in [7, 11) is 1.78. The Balaban J connectivity index is 2.03. The van der Waals surface area contributed by atoms with Gasteiger partial charge >= 0.3 is 0 Å². The van der Waals surface area contributed by atoms with Crippen molar-refractivity contribution in [3.05, 3.63) is 18.2 Å². The van der Waals surface area contributed by atoms with Gasteiger partial charge in [0.05, 0.1) is 24.4 Å². The van der Waals surface area contributed by atoms with Gasteiger partial charge in [-0.1, -0.05) is 6.92 Å². The van der Waals surface area contributed by atoms with Crippen LogP contribution in [0.1, 0.15) is 32.6 Å². The van der Waals surface area contributed by atoms with Gasteiger partial charge in [0.1, 0.15) is 5.75 Å². The molecule has 2 atom stereocenters. The molecule has 1 aromatic rings.